The smallest absolute Gasteiger partial charge is 0.238 e. The van der Waals surface area contributed by atoms with Gasteiger partial charge in [0.05, 0.1) is 41.5 Å². The fourth-order valence-electron chi connectivity index (χ4n) is 7.98. The third-order valence-electron chi connectivity index (χ3n) is 10.5. The van der Waals surface area contributed by atoms with E-state index in [0.717, 1.165) is 21.9 Å². The van der Waals surface area contributed by atoms with Crippen LogP contribution in [-0.2, 0) is 0 Å². The molecule has 0 saturated carbocycles. The Labute approximate surface area is 340 Å². The Bertz CT molecular complexity index is 4040. The quantitative estimate of drug-likeness (QED) is 0.176. The van der Waals surface area contributed by atoms with Gasteiger partial charge in [-0.05, 0) is 41.4 Å². The second kappa shape index (κ2) is 12.3. The van der Waals surface area contributed by atoms with Crippen molar-refractivity contribution >= 4 is 65.6 Å². The first-order valence-electron chi connectivity index (χ1n) is 23.3. The molecule has 0 amide bonds. The first kappa shape index (κ1) is 23.2. The van der Waals surface area contributed by atoms with Gasteiger partial charge >= 0.3 is 0 Å². The molecule has 0 saturated heterocycles. The van der Waals surface area contributed by atoms with E-state index in [1.807, 2.05) is 115 Å². The largest absolute Gasteiger partial charge is 0.456 e. The maximum atomic E-state index is 9.72. The standard InChI is InChI=1S/C51H31N5O/c1-4-15-32(16-5-1)36-23-14-26-44-46(36)41-28-27-35(31-45(41)57-44)55-42-24-12-10-21-37(42)39-29-30-40-38-22-11-13-25-43(38)56(48(40)47(39)55)51-53-49(33-17-6-2-7-18-33)52-50(54-51)34-19-8-3-9-20-34/h1-31H/i10D,11D,12D,13D,21D,22D,24D,25D,29D,30D. The topological polar surface area (TPSA) is 61.7 Å². The fraction of sp³-hybridized carbons (Fsp3) is 0. The SMILES string of the molecule is [2H]c1c([2H])c([2H])c2c(c1[2H])c1c([2H])c([2H])c3c4c([2H])c([2H])c([2H])c([2H])c4n(-c4nc(-c5ccccc5)nc(-c5ccccc5)n4)c3c1n2-c1ccc2c(c1)oc1cccc(-c3ccccc3)c12. The van der Waals surface area contributed by atoms with Gasteiger partial charge in [-0.2, -0.15) is 9.97 Å². The molecule has 0 unspecified atom stereocenters. The Morgan fingerprint density at radius 3 is 1.63 bits per heavy atom. The second-order valence-electron chi connectivity index (χ2n) is 13.7. The van der Waals surface area contributed by atoms with Gasteiger partial charge in [-0.3, -0.25) is 4.57 Å². The van der Waals surface area contributed by atoms with E-state index >= 15 is 0 Å². The highest BCUT2D eigenvalue weighted by atomic mass is 16.3. The van der Waals surface area contributed by atoms with Crippen molar-refractivity contribution in [1.82, 2.24) is 24.1 Å². The first-order valence-corrected chi connectivity index (χ1v) is 18.3. The average Bonchev–Trinajstić information content (AvgIpc) is 4.05. The Balaban J connectivity index is 1.31. The Hall–Kier alpha value is -7.83. The minimum atomic E-state index is -0.557. The van der Waals surface area contributed by atoms with Gasteiger partial charge in [0.15, 0.2) is 11.6 Å². The van der Waals surface area contributed by atoms with Crippen LogP contribution in [0, 0.1) is 0 Å². The highest BCUT2D eigenvalue weighted by Gasteiger charge is 2.24. The van der Waals surface area contributed by atoms with Crippen LogP contribution in [0.15, 0.2) is 192 Å². The number of nitrogens with zero attached hydrogens (tertiary/aromatic N) is 5. The highest BCUT2D eigenvalue weighted by molar-refractivity contribution is 6.24. The summed E-state index contributed by atoms with van der Waals surface area (Å²) in [6.07, 6.45) is 0. The average molecular weight is 740 g/mol. The van der Waals surface area contributed by atoms with Gasteiger partial charge in [0.1, 0.15) is 11.2 Å². The molecule has 0 aliphatic heterocycles. The van der Waals surface area contributed by atoms with Gasteiger partial charge in [0, 0.05) is 49.5 Å². The lowest BCUT2D eigenvalue weighted by atomic mass is 9.99. The van der Waals surface area contributed by atoms with E-state index in [0.29, 0.717) is 28.0 Å². The molecule has 0 fully saturated rings. The van der Waals surface area contributed by atoms with E-state index in [1.54, 1.807) is 16.7 Å². The molecule has 0 N–H and O–H groups in total. The van der Waals surface area contributed by atoms with E-state index in [9.17, 15) is 8.22 Å². The highest BCUT2D eigenvalue weighted by Crippen LogP contribution is 2.43. The van der Waals surface area contributed by atoms with Crippen molar-refractivity contribution in [2.24, 2.45) is 0 Å². The predicted octanol–water partition coefficient (Wildman–Crippen LogP) is 13.0. The molecular weight excluding hydrogens is 699 g/mol. The Kier molecular flexibility index (Phi) is 5.02. The summed E-state index contributed by atoms with van der Waals surface area (Å²) in [4.78, 5) is 14.9. The summed E-state index contributed by atoms with van der Waals surface area (Å²) in [7, 11) is 0. The summed E-state index contributed by atoms with van der Waals surface area (Å²) in [5.41, 5.74) is 4.76. The third-order valence-corrected chi connectivity index (χ3v) is 10.5. The first-order chi connectivity index (χ1) is 32.4. The van der Waals surface area contributed by atoms with E-state index in [4.69, 9.17) is 24.9 Å². The van der Waals surface area contributed by atoms with Crippen LogP contribution >= 0.6 is 0 Å². The summed E-state index contributed by atoms with van der Waals surface area (Å²) in [6, 6.07) is 34.8. The van der Waals surface area contributed by atoms with E-state index in [-0.39, 0.29) is 61.2 Å². The number of benzene rings is 8. The summed E-state index contributed by atoms with van der Waals surface area (Å²) in [5.74, 6) is 0.406. The summed E-state index contributed by atoms with van der Waals surface area (Å²) in [5, 5.41) is 1.53. The molecule has 0 bridgehead atoms. The van der Waals surface area contributed by atoms with Crippen LogP contribution in [0.5, 0.6) is 0 Å². The van der Waals surface area contributed by atoms with Crippen LogP contribution < -0.4 is 0 Å². The van der Waals surface area contributed by atoms with Crippen LogP contribution in [0.25, 0.3) is 111 Å². The van der Waals surface area contributed by atoms with E-state index in [1.165, 1.54) is 4.57 Å². The predicted molar refractivity (Wildman–Crippen MR) is 232 cm³/mol. The Morgan fingerprint density at radius 2 is 1.00 bits per heavy atom. The third kappa shape index (κ3) is 4.81. The molecule has 4 aromatic heterocycles. The molecule has 6 heteroatoms. The molecule has 0 atom stereocenters. The summed E-state index contributed by atoms with van der Waals surface area (Å²) in [6.45, 7) is 0. The maximum absolute atomic E-state index is 9.72. The van der Waals surface area contributed by atoms with Crippen LogP contribution in [0.2, 0.25) is 0 Å². The van der Waals surface area contributed by atoms with Gasteiger partial charge in [0.2, 0.25) is 5.95 Å². The lowest BCUT2D eigenvalue weighted by Gasteiger charge is -2.13. The van der Waals surface area contributed by atoms with E-state index in [2.05, 4.69) is 0 Å². The molecule has 0 aliphatic carbocycles. The molecule has 12 aromatic rings. The molecule has 12 rings (SSSR count). The molecule has 0 aliphatic rings. The van der Waals surface area contributed by atoms with Gasteiger partial charge in [-0.25, -0.2) is 4.98 Å². The van der Waals surface area contributed by atoms with E-state index < -0.39 is 60.4 Å². The normalized spacial score (nSPS) is 14.3. The van der Waals surface area contributed by atoms with Crippen molar-refractivity contribution < 1.29 is 18.1 Å². The maximum Gasteiger partial charge on any atom is 0.238 e. The lowest BCUT2D eigenvalue weighted by molar-refractivity contribution is 0.668. The van der Waals surface area contributed by atoms with Crippen LogP contribution in [0.3, 0.4) is 0 Å². The molecule has 8 aromatic carbocycles. The zero-order chi connectivity index (χ0) is 46.2. The van der Waals surface area contributed by atoms with Crippen molar-refractivity contribution in [2.45, 2.75) is 0 Å². The van der Waals surface area contributed by atoms with Gasteiger partial charge in [-0.1, -0.05) is 151 Å². The number of rotatable bonds is 5. The number of furan rings is 1. The fourth-order valence-corrected chi connectivity index (χ4v) is 7.98. The molecular formula is C51H31N5O. The molecule has 6 nitrogen and oxygen atoms in total. The molecule has 0 spiro atoms. The zero-order valence-electron chi connectivity index (χ0n) is 39.8. The molecule has 266 valence electrons. The number of para-hydroxylation sites is 2. The Morgan fingerprint density at radius 1 is 0.439 bits per heavy atom. The number of aromatic nitrogens is 5. The number of hydrogen-bond acceptors (Lipinski definition) is 4. The van der Waals surface area contributed by atoms with Crippen molar-refractivity contribution in [1.29, 1.82) is 0 Å². The van der Waals surface area contributed by atoms with Crippen molar-refractivity contribution in [3.63, 3.8) is 0 Å². The lowest BCUT2D eigenvalue weighted by Crippen LogP contribution is -2.07. The monoisotopic (exact) mass is 739 g/mol. The van der Waals surface area contributed by atoms with Crippen molar-refractivity contribution in [3.8, 4) is 45.5 Å². The molecule has 0 radical (unpaired) electrons. The number of fused-ring (bicyclic) bond motifs is 10. The van der Waals surface area contributed by atoms with Gasteiger partial charge < -0.3 is 8.98 Å². The van der Waals surface area contributed by atoms with Crippen molar-refractivity contribution in [3.05, 3.63) is 188 Å². The molecule has 57 heavy (non-hydrogen) atoms. The minimum Gasteiger partial charge on any atom is -0.456 e. The van der Waals surface area contributed by atoms with Crippen molar-refractivity contribution in [2.75, 3.05) is 0 Å². The zero-order valence-corrected chi connectivity index (χ0v) is 29.8. The summed E-state index contributed by atoms with van der Waals surface area (Å²) >= 11 is 0. The van der Waals surface area contributed by atoms with Crippen LogP contribution in [-0.4, -0.2) is 24.1 Å². The number of hydrogen-bond donors (Lipinski definition) is 0. The minimum absolute atomic E-state index is 0.00351. The molecule has 4 heterocycles. The van der Waals surface area contributed by atoms with Crippen LogP contribution in [0.1, 0.15) is 13.7 Å². The van der Waals surface area contributed by atoms with Crippen LogP contribution in [0.4, 0.5) is 0 Å². The van der Waals surface area contributed by atoms with Gasteiger partial charge in [-0.15, -0.1) is 0 Å². The second-order valence-corrected chi connectivity index (χ2v) is 13.7. The summed E-state index contributed by atoms with van der Waals surface area (Å²) < 4.78 is 102. The van der Waals surface area contributed by atoms with Gasteiger partial charge in [0.25, 0.3) is 0 Å².